The van der Waals surface area contributed by atoms with E-state index < -0.39 is 5.60 Å². The maximum absolute atomic E-state index is 10.1. The molecular formula is C27H44O. The quantitative estimate of drug-likeness (QED) is 0.527. The minimum atomic E-state index is -0.506. The molecule has 0 amide bonds. The van der Waals surface area contributed by atoms with Crippen molar-refractivity contribution in [3.8, 4) is 0 Å². The van der Waals surface area contributed by atoms with Crippen molar-refractivity contribution >= 4 is 0 Å². The summed E-state index contributed by atoms with van der Waals surface area (Å²) >= 11 is 0. The van der Waals surface area contributed by atoms with E-state index in [-0.39, 0.29) is 0 Å². The summed E-state index contributed by atoms with van der Waals surface area (Å²) in [6, 6.07) is 0. The number of hydrogen-bond donors (Lipinski definition) is 1. The van der Waals surface area contributed by atoms with Crippen molar-refractivity contribution in [2.75, 3.05) is 0 Å². The first-order chi connectivity index (χ1) is 13.2. The number of rotatable bonds is 5. The molecule has 1 N–H and O–H groups in total. The van der Waals surface area contributed by atoms with Crippen LogP contribution in [0, 0.1) is 40.4 Å². The fraction of sp³-hybridized carbons (Fsp3) is 0.852. The monoisotopic (exact) mass is 384 g/mol. The van der Waals surface area contributed by atoms with Crippen molar-refractivity contribution in [3.05, 3.63) is 23.8 Å². The molecule has 0 aromatic carbocycles. The molecule has 0 radical (unpaired) electrons. The highest BCUT2D eigenvalue weighted by Gasteiger charge is 2.58. The Morgan fingerprint density at radius 1 is 1.14 bits per heavy atom. The Balaban J connectivity index is 1.49. The summed E-state index contributed by atoms with van der Waals surface area (Å²) in [5.41, 5.74) is 2.15. The van der Waals surface area contributed by atoms with Crippen LogP contribution in [0.3, 0.4) is 0 Å². The van der Waals surface area contributed by atoms with E-state index in [4.69, 9.17) is 0 Å². The predicted molar refractivity (Wildman–Crippen MR) is 119 cm³/mol. The molecule has 0 bridgehead atoms. The Bertz CT molecular complexity index is 637. The summed E-state index contributed by atoms with van der Waals surface area (Å²) in [6.07, 6.45) is 20.9. The molecule has 28 heavy (non-hydrogen) atoms. The van der Waals surface area contributed by atoms with Crippen LogP contribution in [0.15, 0.2) is 23.8 Å². The molecule has 1 heteroatoms. The molecule has 2 fully saturated rings. The number of hydrogen-bond acceptors (Lipinski definition) is 1. The molecule has 0 aromatic heterocycles. The molecule has 0 unspecified atom stereocenters. The standard InChI is InChI=1S/C27H44O/c1-19(9-8-16-25(2,3)28)22-13-14-23-21-12-11-20-10-6-7-17-26(20,4)24(21)15-18-27(22,23)5/h10-12,19,21-24,28H,6-9,13-18H2,1-5H3/t19-,21+,22-,23+,24+,26+,27-/m1/s1. The van der Waals surface area contributed by atoms with E-state index in [1.165, 1.54) is 57.8 Å². The Kier molecular flexibility index (Phi) is 5.39. The third-order valence-corrected chi connectivity index (χ3v) is 9.78. The second-order valence-corrected chi connectivity index (χ2v) is 12.0. The first kappa shape index (κ1) is 20.7. The predicted octanol–water partition coefficient (Wildman–Crippen LogP) is 7.31. The van der Waals surface area contributed by atoms with Crippen LogP contribution in [0.5, 0.6) is 0 Å². The smallest absolute Gasteiger partial charge is 0.0591 e. The van der Waals surface area contributed by atoms with E-state index in [1.807, 2.05) is 13.8 Å². The second kappa shape index (κ2) is 7.29. The zero-order valence-corrected chi connectivity index (χ0v) is 19.1. The lowest BCUT2D eigenvalue weighted by Crippen LogP contribution is -2.49. The molecule has 0 saturated heterocycles. The number of allylic oxidation sites excluding steroid dienone is 4. The fourth-order valence-electron chi connectivity index (χ4n) is 8.22. The van der Waals surface area contributed by atoms with Gasteiger partial charge in [-0.05, 0) is 111 Å². The molecule has 0 spiro atoms. The first-order valence-corrected chi connectivity index (χ1v) is 12.3. The Morgan fingerprint density at radius 2 is 1.93 bits per heavy atom. The van der Waals surface area contributed by atoms with E-state index in [0.29, 0.717) is 10.8 Å². The van der Waals surface area contributed by atoms with Gasteiger partial charge in [-0.15, -0.1) is 0 Å². The summed E-state index contributed by atoms with van der Waals surface area (Å²) in [6.45, 7) is 11.7. The summed E-state index contributed by atoms with van der Waals surface area (Å²) in [4.78, 5) is 0. The van der Waals surface area contributed by atoms with Crippen LogP contribution in [0.4, 0.5) is 0 Å². The lowest BCUT2D eigenvalue weighted by molar-refractivity contribution is -0.0269. The van der Waals surface area contributed by atoms with Gasteiger partial charge in [0.25, 0.3) is 0 Å². The highest BCUT2D eigenvalue weighted by atomic mass is 16.3. The van der Waals surface area contributed by atoms with Gasteiger partial charge in [0.05, 0.1) is 5.60 Å². The molecule has 4 aliphatic rings. The second-order valence-electron chi connectivity index (χ2n) is 12.0. The van der Waals surface area contributed by atoms with Gasteiger partial charge in [-0.25, -0.2) is 0 Å². The van der Waals surface area contributed by atoms with E-state index >= 15 is 0 Å². The summed E-state index contributed by atoms with van der Waals surface area (Å²) in [7, 11) is 0. The topological polar surface area (TPSA) is 20.2 Å². The van der Waals surface area contributed by atoms with Gasteiger partial charge in [-0.3, -0.25) is 0 Å². The minimum Gasteiger partial charge on any atom is -0.390 e. The minimum absolute atomic E-state index is 0.454. The van der Waals surface area contributed by atoms with Crippen LogP contribution in [0.25, 0.3) is 0 Å². The van der Waals surface area contributed by atoms with Crippen molar-refractivity contribution in [3.63, 3.8) is 0 Å². The zero-order chi connectivity index (χ0) is 20.2. The van der Waals surface area contributed by atoms with Crippen LogP contribution in [0.2, 0.25) is 0 Å². The molecule has 158 valence electrons. The maximum Gasteiger partial charge on any atom is 0.0591 e. The summed E-state index contributed by atoms with van der Waals surface area (Å²) in [5.74, 6) is 4.26. The van der Waals surface area contributed by atoms with E-state index in [0.717, 1.165) is 36.0 Å². The Hall–Kier alpha value is -0.560. The fourth-order valence-corrected chi connectivity index (χ4v) is 8.22. The van der Waals surface area contributed by atoms with Gasteiger partial charge in [-0.1, -0.05) is 51.8 Å². The molecule has 4 rings (SSSR count). The average molecular weight is 385 g/mol. The van der Waals surface area contributed by atoms with Crippen molar-refractivity contribution < 1.29 is 5.11 Å². The number of aliphatic hydroxyl groups is 1. The van der Waals surface area contributed by atoms with E-state index in [1.54, 1.807) is 5.57 Å². The van der Waals surface area contributed by atoms with Crippen molar-refractivity contribution in [1.29, 1.82) is 0 Å². The molecule has 2 saturated carbocycles. The molecule has 1 nitrogen and oxygen atoms in total. The van der Waals surface area contributed by atoms with Crippen LogP contribution < -0.4 is 0 Å². The largest absolute Gasteiger partial charge is 0.390 e. The average Bonchev–Trinajstić information content (AvgIpc) is 2.97. The summed E-state index contributed by atoms with van der Waals surface area (Å²) in [5, 5.41) is 10.1. The van der Waals surface area contributed by atoms with Gasteiger partial charge in [0, 0.05) is 0 Å². The molecule has 0 heterocycles. The normalized spacial score (nSPS) is 43.7. The van der Waals surface area contributed by atoms with Gasteiger partial charge >= 0.3 is 0 Å². The Morgan fingerprint density at radius 3 is 2.68 bits per heavy atom. The SMILES string of the molecule is C[C@H](CCCC(C)(C)O)[C@H]1CC[C@H]2[C@@H]3C=CC4=CCCC[C@]4(C)[C@H]3CC[C@]12C. The third-order valence-electron chi connectivity index (χ3n) is 9.78. The van der Waals surface area contributed by atoms with Gasteiger partial charge in [-0.2, -0.15) is 0 Å². The molecule has 0 aliphatic heterocycles. The van der Waals surface area contributed by atoms with Crippen molar-refractivity contribution in [2.24, 2.45) is 40.4 Å². The lowest BCUT2D eigenvalue weighted by atomic mass is 9.48. The molecule has 4 aliphatic carbocycles. The van der Waals surface area contributed by atoms with Gasteiger partial charge < -0.3 is 5.11 Å². The molecule has 0 aromatic rings. The van der Waals surface area contributed by atoms with Gasteiger partial charge in [0.15, 0.2) is 0 Å². The highest BCUT2D eigenvalue weighted by molar-refractivity contribution is 5.35. The lowest BCUT2D eigenvalue weighted by Gasteiger charge is -2.56. The van der Waals surface area contributed by atoms with Crippen LogP contribution in [-0.2, 0) is 0 Å². The molecular weight excluding hydrogens is 340 g/mol. The maximum atomic E-state index is 10.1. The van der Waals surface area contributed by atoms with Crippen LogP contribution in [0.1, 0.15) is 98.8 Å². The highest BCUT2D eigenvalue weighted by Crippen LogP contribution is 2.66. The van der Waals surface area contributed by atoms with Crippen molar-refractivity contribution in [2.45, 2.75) is 104 Å². The van der Waals surface area contributed by atoms with E-state index in [9.17, 15) is 5.11 Å². The van der Waals surface area contributed by atoms with Crippen LogP contribution in [-0.4, -0.2) is 10.7 Å². The summed E-state index contributed by atoms with van der Waals surface area (Å²) < 4.78 is 0. The van der Waals surface area contributed by atoms with Crippen molar-refractivity contribution in [1.82, 2.24) is 0 Å². The molecule has 7 atom stereocenters. The first-order valence-electron chi connectivity index (χ1n) is 12.3. The van der Waals surface area contributed by atoms with Crippen LogP contribution >= 0.6 is 0 Å². The Labute approximate surface area is 174 Å². The zero-order valence-electron chi connectivity index (χ0n) is 19.1. The number of fused-ring (bicyclic) bond motifs is 5. The van der Waals surface area contributed by atoms with Gasteiger partial charge in [0.2, 0.25) is 0 Å². The van der Waals surface area contributed by atoms with Gasteiger partial charge in [0.1, 0.15) is 0 Å². The third kappa shape index (κ3) is 3.44. The van der Waals surface area contributed by atoms with E-state index in [2.05, 4.69) is 39.0 Å².